The van der Waals surface area contributed by atoms with Gasteiger partial charge in [0, 0.05) is 40.1 Å². The highest BCUT2D eigenvalue weighted by Gasteiger charge is 2.36. The molecule has 3 aromatic heterocycles. The van der Waals surface area contributed by atoms with Crippen molar-refractivity contribution in [3.8, 4) is 34.1 Å². The van der Waals surface area contributed by atoms with Gasteiger partial charge in [-0.1, -0.05) is 74.5 Å². The van der Waals surface area contributed by atoms with E-state index in [2.05, 4.69) is 113 Å². The maximum Gasteiger partial charge on any atom is 0.137 e. The van der Waals surface area contributed by atoms with Crippen LogP contribution in [-0.4, -0.2) is 19.1 Å². The molecule has 5 aromatic carbocycles. The standard InChI is InChI=1S/C39H28N4O/c1-39(2)32-14-5-3-12-28(32)31-23-40-38(22-33(31)39)43-35-16-7-4-13-29(35)30-19-18-27(21-37(30)43)44-26-11-9-10-25(20-26)42-24-41-34-15-6-8-17-36(34)42/h3-24H,1-2H3. The van der Waals surface area contributed by atoms with Crippen LogP contribution in [0.2, 0.25) is 0 Å². The molecule has 0 bridgehead atoms. The molecule has 0 unspecified atom stereocenters. The molecule has 0 N–H and O–H groups in total. The summed E-state index contributed by atoms with van der Waals surface area (Å²) in [5, 5.41) is 2.35. The van der Waals surface area contributed by atoms with Crippen LogP contribution in [0.1, 0.15) is 25.0 Å². The molecule has 44 heavy (non-hydrogen) atoms. The zero-order valence-corrected chi connectivity index (χ0v) is 24.4. The number of nitrogens with zero attached hydrogens (tertiary/aromatic N) is 4. The maximum atomic E-state index is 6.51. The van der Waals surface area contributed by atoms with E-state index < -0.39 is 0 Å². The van der Waals surface area contributed by atoms with Crippen molar-refractivity contribution in [2.75, 3.05) is 0 Å². The molecule has 5 nitrogen and oxygen atoms in total. The molecule has 5 heteroatoms. The number of ether oxygens (including phenoxy) is 1. The summed E-state index contributed by atoms with van der Waals surface area (Å²) in [5.74, 6) is 2.43. The van der Waals surface area contributed by atoms with E-state index in [-0.39, 0.29) is 5.41 Å². The molecule has 0 fully saturated rings. The minimum Gasteiger partial charge on any atom is -0.457 e. The van der Waals surface area contributed by atoms with Gasteiger partial charge in [0.05, 0.1) is 27.8 Å². The number of pyridine rings is 1. The number of rotatable bonds is 4. The van der Waals surface area contributed by atoms with E-state index in [1.54, 1.807) is 0 Å². The molecule has 210 valence electrons. The molecule has 1 aliphatic rings. The van der Waals surface area contributed by atoms with Crippen molar-refractivity contribution in [2.24, 2.45) is 0 Å². The molecule has 0 aliphatic heterocycles. The van der Waals surface area contributed by atoms with Crippen LogP contribution in [-0.2, 0) is 5.41 Å². The lowest BCUT2D eigenvalue weighted by molar-refractivity contribution is 0.483. The van der Waals surface area contributed by atoms with Crippen molar-refractivity contribution < 1.29 is 4.74 Å². The summed E-state index contributed by atoms with van der Waals surface area (Å²) in [4.78, 5) is 9.61. The highest BCUT2D eigenvalue weighted by Crippen LogP contribution is 2.49. The first-order valence-corrected chi connectivity index (χ1v) is 14.9. The average Bonchev–Trinajstić information content (AvgIpc) is 3.70. The number of aromatic nitrogens is 4. The molecular formula is C39H28N4O. The second kappa shape index (κ2) is 9.16. The average molecular weight is 569 g/mol. The van der Waals surface area contributed by atoms with Crippen molar-refractivity contribution in [1.29, 1.82) is 0 Å². The summed E-state index contributed by atoms with van der Waals surface area (Å²) in [5.41, 5.74) is 10.2. The Bertz CT molecular complexity index is 2410. The van der Waals surface area contributed by atoms with Crippen LogP contribution in [0.25, 0.3) is 55.5 Å². The Hall–Kier alpha value is -5.68. The molecule has 0 radical (unpaired) electrons. The number of hydrogen-bond donors (Lipinski definition) is 0. The van der Waals surface area contributed by atoms with Gasteiger partial charge in [0.25, 0.3) is 0 Å². The normalized spacial score (nSPS) is 13.4. The summed E-state index contributed by atoms with van der Waals surface area (Å²) < 4.78 is 10.9. The van der Waals surface area contributed by atoms with Crippen LogP contribution in [0.15, 0.2) is 134 Å². The zero-order chi connectivity index (χ0) is 29.4. The molecule has 0 saturated carbocycles. The highest BCUT2D eigenvalue weighted by molar-refractivity contribution is 6.09. The first kappa shape index (κ1) is 24.9. The van der Waals surface area contributed by atoms with Crippen molar-refractivity contribution in [1.82, 2.24) is 19.1 Å². The smallest absolute Gasteiger partial charge is 0.137 e. The topological polar surface area (TPSA) is 44.9 Å². The lowest BCUT2D eigenvalue weighted by Gasteiger charge is -2.22. The molecule has 8 aromatic rings. The Balaban J connectivity index is 1.16. The largest absolute Gasteiger partial charge is 0.457 e. The zero-order valence-electron chi connectivity index (χ0n) is 24.4. The van der Waals surface area contributed by atoms with Gasteiger partial charge in [-0.05, 0) is 65.2 Å². The highest BCUT2D eigenvalue weighted by atomic mass is 16.5. The van der Waals surface area contributed by atoms with Gasteiger partial charge < -0.3 is 4.74 Å². The predicted molar refractivity (Wildman–Crippen MR) is 177 cm³/mol. The minimum absolute atomic E-state index is 0.109. The summed E-state index contributed by atoms with van der Waals surface area (Å²) >= 11 is 0. The fraction of sp³-hybridized carbons (Fsp3) is 0.0769. The van der Waals surface area contributed by atoms with E-state index in [4.69, 9.17) is 9.72 Å². The van der Waals surface area contributed by atoms with Crippen LogP contribution in [0.4, 0.5) is 0 Å². The number of imidazole rings is 1. The first-order chi connectivity index (χ1) is 21.6. The predicted octanol–water partition coefficient (Wildman–Crippen LogP) is 9.62. The van der Waals surface area contributed by atoms with Gasteiger partial charge in [0.1, 0.15) is 23.6 Å². The quantitative estimate of drug-likeness (QED) is 0.212. The van der Waals surface area contributed by atoms with Gasteiger partial charge in [0.15, 0.2) is 0 Å². The third kappa shape index (κ3) is 3.59. The van der Waals surface area contributed by atoms with Gasteiger partial charge >= 0.3 is 0 Å². The van der Waals surface area contributed by atoms with Gasteiger partial charge in [-0.25, -0.2) is 9.97 Å². The van der Waals surface area contributed by atoms with E-state index in [1.165, 1.54) is 27.6 Å². The summed E-state index contributed by atoms with van der Waals surface area (Å²) in [6.45, 7) is 4.61. The monoisotopic (exact) mass is 568 g/mol. The first-order valence-electron chi connectivity index (χ1n) is 14.9. The van der Waals surface area contributed by atoms with E-state index in [9.17, 15) is 0 Å². The fourth-order valence-corrected chi connectivity index (χ4v) is 6.96. The fourth-order valence-electron chi connectivity index (χ4n) is 6.96. The van der Waals surface area contributed by atoms with Crippen LogP contribution in [0, 0.1) is 0 Å². The van der Waals surface area contributed by atoms with Crippen LogP contribution in [0.3, 0.4) is 0 Å². The summed E-state index contributed by atoms with van der Waals surface area (Å²) in [6, 6.07) is 42.1. The molecule has 3 heterocycles. The molecule has 0 saturated heterocycles. The molecular weight excluding hydrogens is 540 g/mol. The van der Waals surface area contributed by atoms with Gasteiger partial charge in [-0.15, -0.1) is 0 Å². The van der Waals surface area contributed by atoms with Crippen molar-refractivity contribution >= 4 is 32.8 Å². The van der Waals surface area contributed by atoms with Crippen molar-refractivity contribution in [3.05, 3.63) is 145 Å². The van der Waals surface area contributed by atoms with E-state index >= 15 is 0 Å². The Labute approximate surface area is 254 Å². The third-order valence-corrected chi connectivity index (χ3v) is 9.11. The van der Waals surface area contributed by atoms with Crippen molar-refractivity contribution in [2.45, 2.75) is 19.3 Å². The summed E-state index contributed by atoms with van der Waals surface area (Å²) in [6.07, 6.45) is 3.90. The van der Waals surface area contributed by atoms with Gasteiger partial charge in [0.2, 0.25) is 0 Å². The minimum atomic E-state index is -0.109. The number of benzene rings is 5. The van der Waals surface area contributed by atoms with Gasteiger partial charge in [-0.3, -0.25) is 9.13 Å². The van der Waals surface area contributed by atoms with E-state index in [0.29, 0.717) is 0 Å². The van der Waals surface area contributed by atoms with Crippen LogP contribution in [0.5, 0.6) is 11.5 Å². The Kier molecular flexibility index (Phi) is 5.18. The van der Waals surface area contributed by atoms with E-state index in [1.807, 2.05) is 48.9 Å². The number of hydrogen-bond acceptors (Lipinski definition) is 3. The molecule has 0 amide bonds. The second-order valence-electron chi connectivity index (χ2n) is 12.0. The van der Waals surface area contributed by atoms with E-state index in [0.717, 1.165) is 50.5 Å². The van der Waals surface area contributed by atoms with Crippen LogP contribution >= 0.6 is 0 Å². The van der Waals surface area contributed by atoms with Crippen molar-refractivity contribution in [3.63, 3.8) is 0 Å². The lowest BCUT2D eigenvalue weighted by atomic mass is 9.83. The SMILES string of the molecule is CC1(C)c2ccccc2-c2cnc(-n3c4ccccc4c4ccc(Oc5cccc(-n6cnc7ccccc76)c5)cc43)cc21. The Morgan fingerprint density at radius 3 is 2.30 bits per heavy atom. The molecule has 0 spiro atoms. The van der Waals surface area contributed by atoms with Crippen LogP contribution < -0.4 is 4.74 Å². The number of para-hydroxylation sites is 3. The Morgan fingerprint density at radius 1 is 0.591 bits per heavy atom. The van der Waals surface area contributed by atoms with Gasteiger partial charge in [-0.2, -0.15) is 0 Å². The Morgan fingerprint density at radius 2 is 1.36 bits per heavy atom. The molecule has 0 atom stereocenters. The maximum absolute atomic E-state index is 6.51. The molecule has 1 aliphatic carbocycles. The third-order valence-electron chi connectivity index (χ3n) is 9.11. The number of fused-ring (bicyclic) bond motifs is 7. The second-order valence-corrected chi connectivity index (χ2v) is 12.0. The summed E-state index contributed by atoms with van der Waals surface area (Å²) in [7, 11) is 0. The molecule has 9 rings (SSSR count). The lowest BCUT2D eigenvalue weighted by Crippen LogP contribution is -2.15.